The molecular formula is C26H29Cl2N3O3. The number of benzene rings is 2. The fourth-order valence-corrected chi connectivity index (χ4v) is 4.60. The summed E-state index contributed by atoms with van der Waals surface area (Å²) < 4.78 is 0. The first-order valence-corrected chi connectivity index (χ1v) is 12.2. The van der Waals surface area contributed by atoms with Gasteiger partial charge in [-0.2, -0.15) is 0 Å². The molecule has 0 saturated carbocycles. The molecule has 6 nitrogen and oxygen atoms in total. The second kappa shape index (κ2) is 12.6. The Hall–Kier alpha value is -2.83. The van der Waals surface area contributed by atoms with Crippen LogP contribution in [0.5, 0.6) is 0 Å². The Bertz CT molecular complexity index is 1060. The second-order valence-electron chi connectivity index (χ2n) is 8.48. The summed E-state index contributed by atoms with van der Waals surface area (Å²) in [4.78, 5) is 35.3. The van der Waals surface area contributed by atoms with Gasteiger partial charge in [-0.15, -0.1) is 0 Å². The molecule has 0 radical (unpaired) electrons. The quantitative estimate of drug-likeness (QED) is 0.276. The number of hydrogen-bond donors (Lipinski definition) is 3. The lowest BCUT2D eigenvalue weighted by molar-refractivity contribution is -0.122. The number of hydrogen-bond acceptors (Lipinski definition) is 3. The van der Waals surface area contributed by atoms with E-state index in [1.807, 2.05) is 12.1 Å². The Kier molecular flexibility index (Phi) is 9.54. The van der Waals surface area contributed by atoms with Crippen LogP contribution in [0.3, 0.4) is 0 Å². The number of fused-ring (bicyclic) bond motifs is 1. The van der Waals surface area contributed by atoms with Crippen molar-refractivity contribution in [3.63, 3.8) is 0 Å². The maximum atomic E-state index is 12.3. The number of nitrogens with one attached hydrogen (secondary N) is 2. The van der Waals surface area contributed by atoms with Gasteiger partial charge in [0.15, 0.2) is 0 Å². The van der Waals surface area contributed by atoms with Crippen LogP contribution < -0.4 is 16.4 Å². The molecule has 1 aliphatic rings. The molecule has 1 aliphatic carbocycles. The van der Waals surface area contributed by atoms with Gasteiger partial charge in [-0.3, -0.25) is 14.4 Å². The van der Waals surface area contributed by atoms with Crippen LogP contribution in [-0.2, 0) is 20.8 Å². The molecule has 34 heavy (non-hydrogen) atoms. The summed E-state index contributed by atoms with van der Waals surface area (Å²) in [5.41, 5.74) is 8.89. The van der Waals surface area contributed by atoms with Crippen LogP contribution >= 0.6 is 23.2 Å². The highest BCUT2D eigenvalue weighted by molar-refractivity contribution is 6.35. The van der Waals surface area contributed by atoms with Crippen LogP contribution in [-0.4, -0.2) is 17.7 Å². The SMILES string of the molecule is NC(=O)CCCCCCC(=O)NC1CCc2cc(/C=C/C(=O)Nc3cc(Cl)cc(Cl)c3)ccc21. The molecule has 2 aromatic carbocycles. The molecule has 4 N–H and O–H groups in total. The van der Waals surface area contributed by atoms with E-state index in [1.165, 1.54) is 11.6 Å². The molecule has 3 rings (SSSR count). The smallest absolute Gasteiger partial charge is 0.248 e. The summed E-state index contributed by atoms with van der Waals surface area (Å²) in [5.74, 6) is -0.504. The Morgan fingerprint density at radius 3 is 2.38 bits per heavy atom. The van der Waals surface area contributed by atoms with Gasteiger partial charge < -0.3 is 16.4 Å². The molecule has 2 aromatic rings. The van der Waals surface area contributed by atoms with Gasteiger partial charge in [0.05, 0.1) is 6.04 Å². The zero-order chi connectivity index (χ0) is 24.5. The van der Waals surface area contributed by atoms with Gasteiger partial charge in [-0.1, -0.05) is 54.2 Å². The van der Waals surface area contributed by atoms with Gasteiger partial charge >= 0.3 is 0 Å². The first-order chi connectivity index (χ1) is 16.3. The molecule has 3 amide bonds. The van der Waals surface area contributed by atoms with E-state index in [-0.39, 0.29) is 23.8 Å². The molecule has 8 heteroatoms. The van der Waals surface area contributed by atoms with Crippen molar-refractivity contribution in [1.29, 1.82) is 0 Å². The predicted octanol–water partition coefficient (Wildman–Crippen LogP) is 5.57. The number of anilines is 1. The van der Waals surface area contributed by atoms with Crippen molar-refractivity contribution in [1.82, 2.24) is 5.32 Å². The van der Waals surface area contributed by atoms with E-state index in [9.17, 15) is 14.4 Å². The van der Waals surface area contributed by atoms with Crippen molar-refractivity contribution in [3.8, 4) is 0 Å². The van der Waals surface area contributed by atoms with Crippen molar-refractivity contribution < 1.29 is 14.4 Å². The number of carbonyl (C=O) groups excluding carboxylic acids is 3. The van der Waals surface area contributed by atoms with E-state index in [1.54, 1.807) is 24.3 Å². The van der Waals surface area contributed by atoms with Crippen molar-refractivity contribution in [2.45, 2.75) is 57.4 Å². The van der Waals surface area contributed by atoms with E-state index in [2.05, 4.69) is 16.7 Å². The van der Waals surface area contributed by atoms with Crippen molar-refractivity contribution in [2.75, 3.05) is 5.32 Å². The molecule has 0 fully saturated rings. The average Bonchev–Trinajstić information content (AvgIpc) is 3.15. The minimum atomic E-state index is -0.279. The molecule has 1 unspecified atom stereocenters. The lowest BCUT2D eigenvalue weighted by atomic mass is 10.0. The van der Waals surface area contributed by atoms with Gasteiger partial charge in [0.2, 0.25) is 17.7 Å². The summed E-state index contributed by atoms with van der Waals surface area (Å²) in [5, 5.41) is 6.78. The minimum absolute atomic E-state index is 0.0197. The van der Waals surface area contributed by atoms with Gasteiger partial charge in [-0.25, -0.2) is 0 Å². The highest BCUT2D eigenvalue weighted by atomic mass is 35.5. The van der Waals surface area contributed by atoms with Crippen LogP contribution in [0.1, 0.15) is 67.7 Å². The van der Waals surface area contributed by atoms with Crippen LogP contribution in [0.2, 0.25) is 10.0 Å². The zero-order valence-corrected chi connectivity index (χ0v) is 20.4. The van der Waals surface area contributed by atoms with Crippen molar-refractivity contribution in [3.05, 3.63) is 69.2 Å². The van der Waals surface area contributed by atoms with Crippen LogP contribution in [0.25, 0.3) is 6.08 Å². The molecule has 0 bridgehead atoms. The van der Waals surface area contributed by atoms with Crippen molar-refractivity contribution >= 4 is 52.7 Å². The fourth-order valence-electron chi connectivity index (χ4n) is 4.08. The summed E-state index contributed by atoms with van der Waals surface area (Å²) in [6.07, 6.45) is 9.25. The normalized spacial score (nSPS) is 14.7. The third-order valence-electron chi connectivity index (χ3n) is 5.71. The number of amides is 3. The zero-order valence-electron chi connectivity index (χ0n) is 18.9. The number of carbonyl (C=O) groups is 3. The summed E-state index contributed by atoms with van der Waals surface area (Å²) in [6, 6.07) is 10.9. The predicted molar refractivity (Wildman–Crippen MR) is 137 cm³/mol. The Balaban J connectivity index is 1.47. The number of rotatable bonds is 11. The van der Waals surface area contributed by atoms with Gasteiger partial charge in [0, 0.05) is 34.7 Å². The number of halogens is 2. The number of primary amides is 1. The number of nitrogens with two attached hydrogens (primary N) is 1. The minimum Gasteiger partial charge on any atom is -0.370 e. The topological polar surface area (TPSA) is 101 Å². The largest absolute Gasteiger partial charge is 0.370 e. The lowest BCUT2D eigenvalue weighted by Crippen LogP contribution is -2.26. The van der Waals surface area contributed by atoms with Crippen LogP contribution in [0.15, 0.2) is 42.5 Å². The first kappa shape index (κ1) is 25.8. The summed E-state index contributed by atoms with van der Waals surface area (Å²) >= 11 is 11.9. The molecule has 180 valence electrons. The van der Waals surface area contributed by atoms with Crippen LogP contribution in [0, 0.1) is 0 Å². The Morgan fingerprint density at radius 1 is 0.971 bits per heavy atom. The van der Waals surface area contributed by atoms with Crippen molar-refractivity contribution in [2.24, 2.45) is 5.73 Å². The summed E-state index contributed by atoms with van der Waals surface area (Å²) in [6.45, 7) is 0. The van der Waals surface area contributed by atoms with E-state index in [0.29, 0.717) is 28.6 Å². The van der Waals surface area contributed by atoms with E-state index in [4.69, 9.17) is 28.9 Å². The Labute approximate surface area is 209 Å². The monoisotopic (exact) mass is 501 g/mol. The molecule has 0 aromatic heterocycles. The van der Waals surface area contributed by atoms with E-state index < -0.39 is 0 Å². The standard InChI is InChI=1S/C26H29Cl2N3O3/c27-19-14-20(28)16-21(15-19)30-26(34)12-8-17-7-10-22-18(13-17)9-11-23(22)31-25(33)6-4-2-1-3-5-24(29)32/h7-8,10,12-16,23H,1-6,9,11H2,(H2,29,32)(H,30,34)(H,31,33)/b12-8+. The maximum absolute atomic E-state index is 12.3. The van der Waals surface area contributed by atoms with E-state index in [0.717, 1.165) is 49.7 Å². The molecule has 0 aliphatic heterocycles. The average molecular weight is 502 g/mol. The van der Waals surface area contributed by atoms with Gasteiger partial charge in [0.1, 0.15) is 0 Å². The Morgan fingerprint density at radius 2 is 1.68 bits per heavy atom. The molecule has 0 saturated heterocycles. The highest BCUT2D eigenvalue weighted by Crippen LogP contribution is 2.32. The maximum Gasteiger partial charge on any atom is 0.248 e. The molecule has 0 spiro atoms. The number of unbranched alkanes of at least 4 members (excludes halogenated alkanes) is 3. The highest BCUT2D eigenvalue weighted by Gasteiger charge is 2.23. The summed E-state index contributed by atoms with van der Waals surface area (Å²) in [7, 11) is 0. The first-order valence-electron chi connectivity index (χ1n) is 11.5. The second-order valence-corrected chi connectivity index (χ2v) is 9.35. The van der Waals surface area contributed by atoms with Gasteiger partial charge in [-0.05, 0) is 66.6 Å². The fraction of sp³-hybridized carbons (Fsp3) is 0.346. The van der Waals surface area contributed by atoms with Crippen LogP contribution in [0.4, 0.5) is 5.69 Å². The number of aryl methyl sites for hydroxylation is 1. The molecule has 1 atom stereocenters. The molecular weight excluding hydrogens is 473 g/mol. The van der Waals surface area contributed by atoms with E-state index >= 15 is 0 Å². The van der Waals surface area contributed by atoms with Gasteiger partial charge in [0.25, 0.3) is 0 Å². The third kappa shape index (κ3) is 8.19. The third-order valence-corrected chi connectivity index (χ3v) is 6.15. The lowest BCUT2D eigenvalue weighted by Gasteiger charge is -2.14. The molecule has 0 heterocycles.